The van der Waals surface area contributed by atoms with Crippen molar-refractivity contribution in [2.24, 2.45) is 11.7 Å². The van der Waals surface area contributed by atoms with E-state index in [-0.39, 0.29) is 5.84 Å². The normalized spacial score (nSPS) is 11.2. The van der Waals surface area contributed by atoms with Crippen molar-refractivity contribution >= 4 is 11.5 Å². The molecule has 0 aliphatic carbocycles. The summed E-state index contributed by atoms with van der Waals surface area (Å²) in [7, 11) is 4.14. The second-order valence-corrected chi connectivity index (χ2v) is 6.30. The Morgan fingerprint density at radius 3 is 2.38 bits per heavy atom. The largest absolute Gasteiger partial charge is 0.384 e. The first-order valence-electron chi connectivity index (χ1n) is 7.44. The van der Waals surface area contributed by atoms with Crippen molar-refractivity contribution in [1.29, 1.82) is 5.41 Å². The summed E-state index contributed by atoms with van der Waals surface area (Å²) < 4.78 is 0. The molecule has 1 rings (SSSR count). The minimum Gasteiger partial charge on any atom is -0.384 e. The highest BCUT2D eigenvalue weighted by atomic mass is 15.2. The number of hydrogen-bond acceptors (Lipinski definition) is 4. The SMILES string of the molecule is Cc1cc(N(CCN(C)C)CC(C)C)c(C(=N)N)c(C)n1. The Hall–Kier alpha value is -1.62. The lowest BCUT2D eigenvalue weighted by Crippen LogP contribution is -2.36. The topological polar surface area (TPSA) is 69.2 Å². The maximum atomic E-state index is 7.88. The van der Waals surface area contributed by atoms with E-state index in [2.05, 4.69) is 42.7 Å². The molecule has 1 heterocycles. The molecule has 3 N–H and O–H groups in total. The molecule has 0 aliphatic heterocycles. The predicted octanol–water partition coefficient (Wildman–Crippen LogP) is 2.01. The number of rotatable bonds is 7. The van der Waals surface area contributed by atoms with Gasteiger partial charge in [-0.2, -0.15) is 0 Å². The highest BCUT2D eigenvalue weighted by Gasteiger charge is 2.18. The molecule has 0 amide bonds. The number of aryl methyl sites for hydroxylation is 2. The van der Waals surface area contributed by atoms with E-state index in [0.717, 1.165) is 42.3 Å². The third-order valence-electron chi connectivity index (χ3n) is 3.32. The van der Waals surface area contributed by atoms with Crippen LogP contribution in [0.25, 0.3) is 0 Å². The fourth-order valence-electron chi connectivity index (χ4n) is 2.46. The van der Waals surface area contributed by atoms with Gasteiger partial charge in [-0.05, 0) is 39.9 Å². The lowest BCUT2D eigenvalue weighted by atomic mass is 10.1. The van der Waals surface area contributed by atoms with Crippen LogP contribution in [0, 0.1) is 25.2 Å². The van der Waals surface area contributed by atoms with Crippen molar-refractivity contribution in [3.05, 3.63) is 23.0 Å². The van der Waals surface area contributed by atoms with E-state index in [9.17, 15) is 0 Å². The average molecular weight is 291 g/mol. The summed E-state index contributed by atoms with van der Waals surface area (Å²) in [6.45, 7) is 11.1. The molecule has 5 heteroatoms. The molecule has 5 nitrogen and oxygen atoms in total. The molecular formula is C16H29N5. The minimum atomic E-state index is 0.0913. The van der Waals surface area contributed by atoms with Crippen molar-refractivity contribution in [2.75, 3.05) is 38.6 Å². The zero-order valence-electron chi connectivity index (χ0n) is 14.2. The number of nitrogens with one attached hydrogen (secondary N) is 1. The van der Waals surface area contributed by atoms with Crippen molar-refractivity contribution in [2.45, 2.75) is 27.7 Å². The Balaban J connectivity index is 3.24. The van der Waals surface area contributed by atoms with Gasteiger partial charge in [-0.25, -0.2) is 0 Å². The van der Waals surface area contributed by atoms with Crippen molar-refractivity contribution in [3.8, 4) is 0 Å². The lowest BCUT2D eigenvalue weighted by molar-refractivity contribution is 0.409. The van der Waals surface area contributed by atoms with E-state index >= 15 is 0 Å². The van der Waals surface area contributed by atoms with Gasteiger partial charge in [0.25, 0.3) is 0 Å². The Bertz CT molecular complexity index is 494. The van der Waals surface area contributed by atoms with Crippen LogP contribution in [0.4, 0.5) is 5.69 Å². The number of nitrogens with two attached hydrogens (primary N) is 1. The molecular weight excluding hydrogens is 262 g/mol. The van der Waals surface area contributed by atoms with Crippen LogP contribution < -0.4 is 10.6 Å². The van der Waals surface area contributed by atoms with Gasteiger partial charge in [0.1, 0.15) is 5.84 Å². The van der Waals surface area contributed by atoms with Crippen LogP contribution in [0.3, 0.4) is 0 Å². The molecule has 0 aliphatic rings. The summed E-state index contributed by atoms with van der Waals surface area (Å²) in [5.41, 5.74) is 9.38. The first kappa shape index (κ1) is 17.4. The van der Waals surface area contributed by atoms with Crippen LogP contribution in [0.2, 0.25) is 0 Å². The maximum absolute atomic E-state index is 7.88. The van der Waals surface area contributed by atoms with E-state index in [1.165, 1.54) is 0 Å². The van der Waals surface area contributed by atoms with Crippen LogP contribution in [-0.2, 0) is 0 Å². The highest BCUT2D eigenvalue weighted by Crippen LogP contribution is 2.24. The molecule has 118 valence electrons. The first-order valence-corrected chi connectivity index (χ1v) is 7.44. The first-order chi connectivity index (χ1) is 9.72. The average Bonchev–Trinajstić information content (AvgIpc) is 2.32. The number of nitrogen functional groups attached to an aromatic ring is 1. The molecule has 0 atom stereocenters. The number of amidine groups is 1. The number of aromatic nitrogens is 1. The summed E-state index contributed by atoms with van der Waals surface area (Å²) in [5.74, 6) is 0.634. The third kappa shape index (κ3) is 5.01. The zero-order valence-corrected chi connectivity index (χ0v) is 14.2. The summed E-state index contributed by atoms with van der Waals surface area (Å²) >= 11 is 0. The molecule has 0 saturated heterocycles. The fourth-order valence-corrected chi connectivity index (χ4v) is 2.46. The standard InChI is InChI=1S/C16H29N5/c1-11(2)10-21(8-7-20(5)6)14-9-12(3)19-13(4)15(14)16(17)18/h9,11H,7-8,10H2,1-6H3,(H3,17,18). The molecule has 0 bridgehead atoms. The molecule has 0 fully saturated rings. The molecule has 1 aromatic heterocycles. The van der Waals surface area contributed by atoms with Crippen molar-refractivity contribution < 1.29 is 0 Å². The van der Waals surface area contributed by atoms with E-state index in [0.29, 0.717) is 5.92 Å². The third-order valence-corrected chi connectivity index (χ3v) is 3.32. The summed E-state index contributed by atoms with van der Waals surface area (Å²) in [4.78, 5) is 8.95. The highest BCUT2D eigenvalue weighted by molar-refractivity contribution is 6.01. The van der Waals surface area contributed by atoms with E-state index < -0.39 is 0 Å². The maximum Gasteiger partial charge on any atom is 0.126 e. The Morgan fingerprint density at radius 2 is 1.90 bits per heavy atom. The number of hydrogen-bond donors (Lipinski definition) is 2. The van der Waals surface area contributed by atoms with Gasteiger partial charge in [-0.3, -0.25) is 10.4 Å². The van der Waals surface area contributed by atoms with Gasteiger partial charge in [0, 0.05) is 25.3 Å². The molecule has 0 aromatic carbocycles. The second kappa shape index (κ2) is 7.41. The quantitative estimate of drug-likeness (QED) is 0.595. The monoisotopic (exact) mass is 291 g/mol. The van der Waals surface area contributed by atoms with Crippen LogP contribution >= 0.6 is 0 Å². The summed E-state index contributed by atoms with van der Waals surface area (Å²) in [5, 5.41) is 7.88. The van der Waals surface area contributed by atoms with Gasteiger partial charge in [-0.1, -0.05) is 13.8 Å². The Kier molecular flexibility index (Phi) is 6.15. The van der Waals surface area contributed by atoms with Crippen LogP contribution in [0.15, 0.2) is 6.07 Å². The lowest BCUT2D eigenvalue weighted by Gasteiger charge is -2.30. The number of anilines is 1. The van der Waals surface area contributed by atoms with Gasteiger partial charge in [0.05, 0.1) is 16.9 Å². The van der Waals surface area contributed by atoms with Crippen molar-refractivity contribution in [3.63, 3.8) is 0 Å². The fraction of sp³-hybridized carbons (Fsp3) is 0.625. The predicted molar refractivity (Wildman–Crippen MR) is 90.3 cm³/mol. The zero-order chi connectivity index (χ0) is 16.2. The smallest absolute Gasteiger partial charge is 0.126 e. The van der Waals surface area contributed by atoms with Crippen molar-refractivity contribution in [1.82, 2.24) is 9.88 Å². The van der Waals surface area contributed by atoms with Crippen LogP contribution in [-0.4, -0.2) is 49.4 Å². The Morgan fingerprint density at radius 1 is 1.29 bits per heavy atom. The number of likely N-dealkylation sites (N-methyl/N-ethyl adjacent to an activating group) is 1. The van der Waals surface area contributed by atoms with E-state index in [1.807, 2.05) is 19.9 Å². The molecule has 0 saturated carbocycles. The van der Waals surface area contributed by atoms with Gasteiger partial charge >= 0.3 is 0 Å². The van der Waals surface area contributed by atoms with E-state index in [4.69, 9.17) is 11.1 Å². The summed E-state index contributed by atoms with van der Waals surface area (Å²) in [6.07, 6.45) is 0. The van der Waals surface area contributed by atoms with Gasteiger partial charge in [-0.15, -0.1) is 0 Å². The minimum absolute atomic E-state index is 0.0913. The Labute approximate surface area is 128 Å². The van der Waals surface area contributed by atoms with Gasteiger partial charge in [0.15, 0.2) is 0 Å². The van der Waals surface area contributed by atoms with Gasteiger partial charge in [0.2, 0.25) is 0 Å². The van der Waals surface area contributed by atoms with E-state index in [1.54, 1.807) is 0 Å². The second-order valence-electron chi connectivity index (χ2n) is 6.30. The van der Waals surface area contributed by atoms with Gasteiger partial charge < -0.3 is 15.5 Å². The summed E-state index contributed by atoms with van der Waals surface area (Å²) in [6, 6.07) is 2.04. The van der Waals surface area contributed by atoms with Crippen LogP contribution in [0.5, 0.6) is 0 Å². The molecule has 21 heavy (non-hydrogen) atoms. The molecule has 0 unspecified atom stereocenters. The molecule has 0 spiro atoms. The molecule has 1 aromatic rings. The van der Waals surface area contributed by atoms with Crippen LogP contribution in [0.1, 0.15) is 30.8 Å². The molecule has 0 radical (unpaired) electrons. The number of nitrogens with zero attached hydrogens (tertiary/aromatic N) is 3. The number of pyridine rings is 1.